The van der Waals surface area contributed by atoms with Crippen LogP contribution in [0.25, 0.3) is 0 Å². The Hall–Kier alpha value is -1.84. The van der Waals surface area contributed by atoms with Crippen LogP contribution in [-0.4, -0.2) is 10.0 Å². The van der Waals surface area contributed by atoms with E-state index in [1.807, 2.05) is 0 Å². The van der Waals surface area contributed by atoms with Crippen LogP contribution in [0.1, 0.15) is 11.5 Å². The molecule has 0 aliphatic carbocycles. The molecule has 14 heavy (non-hydrogen) atoms. The fourth-order valence-electron chi connectivity index (χ4n) is 1.17. The first-order valence-corrected chi connectivity index (χ1v) is 3.99. The smallest absolute Gasteiger partial charge is 0.314 e. The number of nitrogens with zero attached hydrogens (tertiary/aromatic N) is 1. The maximum Gasteiger partial charge on any atom is 0.314 e. The number of aromatic hydroxyl groups is 1. The Morgan fingerprint density at radius 3 is 2.71 bits per heavy atom. The van der Waals surface area contributed by atoms with E-state index in [4.69, 9.17) is 0 Å². The average Bonchev–Trinajstić information content (AvgIpc) is 2.15. The molecule has 0 saturated carbocycles. The third-order valence-corrected chi connectivity index (χ3v) is 1.91. The van der Waals surface area contributed by atoms with E-state index in [0.717, 1.165) is 0 Å². The summed E-state index contributed by atoms with van der Waals surface area (Å²) in [5.74, 6) is -0.745. The van der Waals surface area contributed by atoms with Gasteiger partial charge in [-0.25, -0.2) is 0 Å². The second-order valence-corrected chi connectivity index (χ2v) is 2.81. The molecule has 1 rings (SSSR count). The fraction of sp³-hybridized carbons (Fsp3) is 0.100. The van der Waals surface area contributed by atoms with Crippen molar-refractivity contribution in [2.24, 2.45) is 0 Å². The van der Waals surface area contributed by atoms with Gasteiger partial charge in [-0.2, -0.15) is 0 Å². The van der Waals surface area contributed by atoms with Gasteiger partial charge in [-0.3, -0.25) is 10.1 Å². The molecule has 0 aliphatic heterocycles. The molecule has 0 amide bonds. The Balaban J connectivity index is 3.35. The van der Waals surface area contributed by atoms with Crippen LogP contribution in [0.5, 0.6) is 5.75 Å². The molecule has 1 radical (unpaired) electrons. The summed E-state index contributed by atoms with van der Waals surface area (Å²) in [6.07, 6.45) is 1.49. The molecule has 1 aromatic carbocycles. The molecule has 0 fully saturated rings. The molecule has 4 heteroatoms. The van der Waals surface area contributed by atoms with Crippen LogP contribution in [0.15, 0.2) is 30.9 Å². The largest absolute Gasteiger partial charge is 0.502 e. The van der Waals surface area contributed by atoms with Gasteiger partial charge in [-0.15, -0.1) is 6.58 Å². The number of rotatable bonds is 3. The van der Waals surface area contributed by atoms with E-state index in [-0.39, 0.29) is 11.4 Å². The third-order valence-electron chi connectivity index (χ3n) is 1.91. The summed E-state index contributed by atoms with van der Waals surface area (Å²) in [6.45, 7) is 7.18. The number of hydrogen-bond acceptors (Lipinski definition) is 3. The van der Waals surface area contributed by atoms with E-state index < -0.39 is 10.8 Å². The summed E-state index contributed by atoms with van der Waals surface area (Å²) in [6, 6.07) is 4.37. The molecule has 1 unspecified atom stereocenters. The minimum absolute atomic E-state index is 0.299. The van der Waals surface area contributed by atoms with Crippen molar-refractivity contribution in [1.29, 1.82) is 0 Å². The van der Waals surface area contributed by atoms with Gasteiger partial charge < -0.3 is 5.11 Å². The van der Waals surface area contributed by atoms with E-state index in [1.54, 1.807) is 12.1 Å². The second kappa shape index (κ2) is 3.91. The van der Waals surface area contributed by atoms with Gasteiger partial charge in [0.1, 0.15) is 0 Å². The Bertz CT molecular complexity index is 374. The Kier molecular flexibility index (Phi) is 2.86. The Labute approximate surface area is 81.6 Å². The van der Waals surface area contributed by atoms with E-state index in [1.165, 1.54) is 12.1 Å². The zero-order valence-corrected chi connectivity index (χ0v) is 7.51. The van der Waals surface area contributed by atoms with Crippen molar-refractivity contribution >= 4 is 5.69 Å². The van der Waals surface area contributed by atoms with E-state index in [0.29, 0.717) is 5.56 Å². The lowest BCUT2D eigenvalue weighted by Gasteiger charge is -2.07. The highest BCUT2D eigenvalue weighted by molar-refractivity contribution is 5.54. The molecule has 4 nitrogen and oxygen atoms in total. The van der Waals surface area contributed by atoms with Gasteiger partial charge in [-0.05, 0) is 13.0 Å². The highest BCUT2D eigenvalue weighted by Gasteiger charge is 2.21. The summed E-state index contributed by atoms with van der Waals surface area (Å²) in [5, 5.41) is 19.9. The van der Waals surface area contributed by atoms with Crippen molar-refractivity contribution in [3.8, 4) is 5.75 Å². The van der Waals surface area contributed by atoms with Crippen molar-refractivity contribution in [3.05, 3.63) is 53.5 Å². The van der Waals surface area contributed by atoms with Crippen LogP contribution in [0.4, 0.5) is 5.69 Å². The van der Waals surface area contributed by atoms with Crippen molar-refractivity contribution in [3.63, 3.8) is 0 Å². The normalized spacial score (nSPS) is 12.1. The third kappa shape index (κ3) is 1.74. The van der Waals surface area contributed by atoms with Crippen LogP contribution < -0.4 is 0 Å². The first-order valence-electron chi connectivity index (χ1n) is 3.99. The number of phenolic OH excluding ortho intramolecular Hbond substituents is 1. The van der Waals surface area contributed by atoms with Gasteiger partial charge in [0.15, 0.2) is 5.75 Å². The Morgan fingerprint density at radius 2 is 2.21 bits per heavy atom. The zero-order chi connectivity index (χ0) is 10.7. The van der Waals surface area contributed by atoms with Crippen molar-refractivity contribution in [2.45, 2.75) is 5.92 Å². The Morgan fingerprint density at radius 1 is 1.57 bits per heavy atom. The topological polar surface area (TPSA) is 63.4 Å². The second-order valence-electron chi connectivity index (χ2n) is 2.81. The van der Waals surface area contributed by atoms with Gasteiger partial charge in [0.25, 0.3) is 0 Å². The summed E-state index contributed by atoms with van der Waals surface area (Å²) in [7, 11) is 0. The van der Waals surface area contributed by atoms with Gasteiger partial charge in [0.2, 0.25) is 0 Å². The number of benzene rings is 1. The molecule has 0 bridgehead atoms. The summed E-state index contributed by atoms with van der Waals surface area (Å²) in [4.78, 5) is 10.0. The van der Waals surface area contributed by atoms with Crippen molar-refractivity contribution < 1.29 is 10.0 Å². The molecule has 0 heterocycles. The molecule has 1 N–H and O–H groups in total. The van der Waals surface area contributed by atoms with Crippen LogP contribution in [0, 0.1) is 17.0 Å². The molecular weight excluding hydrogens is 182 g/mol. The van der Waals surface area contributed by atoms with Gasteiger partial charge in [-0.1, -0.05) is 18.2 Å². The molecule has 0 aliphatic rings. The first-order chi connectivity index (χ1) is 6.57. The standard InChI is InChI=1S/C10H10NO3/c1-3-7(2)8-5-4-6-9(12)10(8)11(13)14/h3-7,12H,1-2H2. The number of hydrogen-bond donors (Lipinski definition) is 1. The van der Waals surface area contributed by atoms with E-state index >= 15 is 0 Å². The number of phenols is 1. The number of nitro benzene ring substituents is 1. The lowest BCUT2D eigenvalue weighted by atomic mass is 9.99. The number of para-hydroxylation sites is 1. The lowest BCUT2D eigenvalue weighted by Crippen LogP contribution is -1.98. The fourth-order valence-corrected chi connectivity index (χ4v) is 1.17. The van der Waals surface area contributed by atoms with Gasteiger partial charge >= 0.3 is 5.69 Å². The van der Waals surface area contributed by atoms with Crippen molar-refractivity contribution in [1.82, 2.24) is 0 Å². The maximum absolute atomic E-state index is 10.6. The highest BCUT2D eigenvalue weighted by atomic mass is 16.6. The molecule has 0 spiro atoms. The number of nitro groups is 1. The van der Waals surface area contributed by atoms with Gasteiger partial charge in [0, 0.05) is 11.5 Å². The van der Waals surface area contributed by atoms with E-state index in [2.05, 4.69) is 13.5 Å². The minimum atomic E-state index is -0.619. The van der Waals surface area contributed by atoms with Crippen LogP contribution in [0.3, 0.4) is 0 Å². The first kappa shape index (κ1) is 10.2. The monoisotopic (exact) mass is 192 g/mol. The minimum Gasteiger partial charge on any atom is -0.502 e. The molecule has 73 valence electrons. The average molecular weight is 192 g/mol. The predicted molar refractivity (Wildman–Crippen MR) is 53.1 cm³/mol. The van der Waals surface area contributed by atoms with Crippen LogP contribution in [-0.2, 0) is 0 Å². The predicted octanol–water partition coefficient (Wildman–Crippen LogP) is 2.40. The van der Waals surface area contributed by atoms with Crippen LogP contribution >= 0.6 is 0 Å². The molecule has 0 aromatic heterocycles. The summed E-state index contributed by atoms with van der Waals surface area (Å²) < 4.78 is 0. The zero-order valence-electron chi connectivity index (χ0n) is 7.51. The molecule has 1 aromatic rings. The highest BCUT2D eigenvalue weighted by Crippen LogP contribution is 2.34. The lowest BCUT2D eigenvalue weighted by molar-refractivity contribution is -0.386. The van der Waals surface area contributed by atoms with Crippen LogP contribution in [0.2, 0.25) is 0 Å². The number of allylic oxidation sites excluding steroid dienone is 1. The summed E-state index contributed by atoms with van der Waals surface area (Å²) >= 11 is 0. The van der Waals surface area contributed by atoms with Crippen molar-refractivity contribution in [2.75, 3.05) is 0 Å². The maximum atomic E-state index is 10.6. The molecular formula is C10H10NO3. The quantitative estimate of drug-likeness (QED) is 0.454. The molecule has 1 atom stereocenters. The van der Waals surface area contributed by atoms with E-state index in [9.17, 15) is 15.2 Å². The van der Waals surface area contributed by atoms with Gasteiger partial charge in [0.05, 0.1) is 4.92 Å². The molecule has 0 saturated heterocycles. The SMILES string of the molecule is [CH2]C(C=C)c1cccc(O)c1[N+](=O)[O-]. The summed E-state index contributed by atoms with van der Waals surface area (Å²) in [5.41, 5.74) is 0.0670.